The minimum atomic E-state index is -0.780. The van der Waals surface area contributed by atoms with Crippen LogP contribution in [0, 0.1) is 5.92 Å². The minimum Gasteiger partial charge on any atom is -0.487 e. The zero-order valence-corrected chi connectivity index (χ0v) is 20.4. The van der Waals surface area contributed by atoms with E-state index in [9.17, 15) is 4.79 Å². The monoisotopic (exact) mass is 474 g/mol. The van der Waals surface area contributed by atoms with E-state index in [1.165, 1.54) is 19.3 Å². The lowest BCUT2D eigenvalue weighted by Gasteiger charge is -2.29. The Kier molecular flexibility index (Phi) is 8.71. The van der Waals surface area contributed by atoms with E-state index in [1.807, 2.05) is 43.3 Å². The number of ether oxygens (including phenoxy) is 1. The third-order valence-electron chi connectivity index (χ3n) is 6.58. The highest BCUT2D eigenvalue weighted by atomic mass is 16.6. The summed E-state index contributed by atoms with van der Waals surface area (Å²) < 4.78 is 6.00. The van der Waals surface area contributed by atoms with Gasteiger partial charge in [0.05, 0.1) is 16.9 Å². The molecule has 4 rings (SSSR count). The second-order valence-corrected chi connectivity index (χ2v) is 9.35. The summed E-state index contributed by atoms with van der Waals surface area (Å²) in [6.07, 6.45) is 7.19. The summed E-state index contributed by atoms with van der Waals surface area (Å²) in [5.41, 5.74) is 3.78. The van der Waals surface area contributed by atoms with Crippen molar-refractivity contribution in [1.29, 1.82) is 0 Å². The largest absolute Gasteiger partial charge is 0.487 e. The molecule has 0 spiro atoms. The number of para-hydroxylation sites is 1. The van der Waals surface area contributed by atoms with Gasteiger partial charge in [-0.1, -0.05) is 60.8 Å². The fourth-order valence-corrected chi connectivity index (χ4v) is 4.64. The standard InChI is InChI=1S/C29H34N2O4/c1-21(8-7-13-28(32)33)31-35-29(23-10-3-2-4-11-23)24-15-18-26(19-16-24)34-20-25-17-14-22-9-5-6-12-27(22)30-25/h5-6,9,12,14-19,23,29H,2-4,7-8,10-11,13,20H2,1H3,(H,32,33)/b31-21+. The molecule has 1 fully saturated rings. The summed E-state index contributed by atoms with van der Waals surface area (Å²) in [5.74, 6) is 0.435. The quantitative estimate of drug-likeness (QED) is 0.237. The normalized spacial score (nSPS) is 15.6. The number of benzene rings is 2. The van der Waals surface area contributed by atoms with Gasteiger partial charge in [0.1, 0.15) is 12.4 Å². The van der Waals surface area contributed by atoms with E-state index in [2.05, 4.69) is 34.4 Å². The average Bonchev–Trinajstić information content (AvgIpc) is 2.88. The SMILES string of the molecule is C/C(CCCC(=O)O)=N\OC(c1ccc(OCc2ccc3ccccc3n2)cc1)C1CCCCC1. The van der Waals surface area contributed by atoms with E-state index in [-0.39, 0.29) is 12.5 Å². The van der Waals surface area contributed by atoms with Crippen molar-refractivity contribution >= 4 is 22.6 Å². The molecule has 1 heterocycles. The molecule has 0 amide bonds. The zero-order chi connectivity index (χ0) is 24.5. The van der Waals surface area contributed by atoms with Crippen LogP contribution in [0.15, 0.2) is 65.8 Å². The van der Waals surface area contributed by atoms with Gasteiger partial charge in [-0.25, -0.2) is 4.98 Å². The van der Waals surface area contributed by atoms with Crippen molar-refractivity contribution in [2.75, 3.05) is 0 Å². The highest BCUT2D eigenvalue weighted by Gasteiger charge is 2.27. The van der Waals surface area contributed by atoms with Crippen LogP contribution in [0.4, 0.5) is 0 Å². The Morgan fingerprint density at radius 2 is 1.80 bits per heavy atom. The number of carboxylic acids is 1. The number of carbonyl (C=O) groups is 1. The Bertz CT molecular complexity index is 1140. The topological polar surface area (TPSA) is 81.0 Å². The van der Waals surface area contributed by atoms with Crippen LogP contribution in [0.3, 0.4) is 0 Å². The highest BCUT2D eigenvalue weighted by molar-refractivity contribution is 5.81. The van der Waals surface area contributed by atoms with Gasteiger partial charge in [-0.3, -0.25) is 4.79 Å². The molecule has 35 heavy (non-hydrogen) atoms. The smallest absolute Gasteiger partial charge is 0.303 e. The molecule has 0 saturated heterocycles. The number of aliphatic carboxylic acids is 1. The summed E-state index contributed by atoms with van der Waals surface area (Å²) in [4.78, 5) is 21.5. The summed E-state index contributed by atoms with van der Waals surface area (Å²) >= 11 is 0. The van der Waals surface area contributed by atoms with Crippen LogP contribution in [0.2, 0.25) is 0 Å². The molecule has 1 aromatic heterocycles. The van der Waals surface area contributed by atoms with Crippen molar-refractivity contribution in [3.63, 3.8) is 0 Å². The van der Waals surface area contributed by atoms with E-state index in [0.717, 1.165) is 46.5 Å². The number of hydrogen-bond donors (Lipinski definition) is 1. The number of rotatable bonds is 11. The summed E-state index contributed by atoms with van der Waals surface area (Å²) in [6, 6.07) is 20.2. The maximum atomic E-state index is 10.8. The number of hydrogen-bond acceptors (Lipinski definition) is 5. The molecule has 0 aliphatic heterocycles. The fourth-order valence-electron chi connectivity index (χ4n) is 4.64. The molecular formula is C29H34N2O4. The number of pyridine rings is 1. The first-order valence-electron chi connectivity index (χ1n) is 12.6. The average molecular weight is 475 g/mol. The molecule has 1 saturated carbocycles. The zero-order valence-electron chi connectivity index (χ0n) is 20.4. The second kappa shape index (κ2) is 12.3. The molecule has 0 radical (unpaired) electrons. The van der Waals surface area contributed by atoms with Gasteiger partial charge >= 0.3 is 5.97 Å². The molecular weight excluding hydrogens is 440 g/mol. The minimum absolute atomic E-state index is 0.110. The van der Waals surface area contributed by atoms with Crippen LogP contribution in [-0.2, 0) is 16.2 Å². The van der Waals surface area contributed by atoms with E-state index < -0.39 is 5.97 Å². The first-order valence-corrected chi connectivity index (χ1v) is 12.6. The first kappa shape index (κ1) is 24.7. The van der Waals surface area contributed by atoms with Crippen molar-refractivity contribution in [1.82, 2.24) is 4.98 Å². The number of aromatic nitrogens is 1. The van der Waals surface area contributed by atoms with Crippen LogP contribution in [0.5, 0.6) is 5.75 Å². The van der Waals surface area contributed by atoms with Crippen molar-refractivity contribution < 1.29 is 19.5 Å². The molecule has 2 aromatic carbocycles. The predicted octanol–water partition coefficient (Wildman–Crippen LogP) is 7.08. The van der Waals surface area contributed by atoms with Gasteiger partial charge in [0.15, 0.2) is 6.10 Å². The van der Waals surface area contributed by atoms with E-state index >= 15 is 0 Å². The molecule has 6 nitrogen and oxygen atoms in total. The predicted molar refractivity (Wildman–Crippen MR) is 138 cm³/mol. The summed E-state index contributed by atoms with van der Waals surface area (Å²) in [6.45, 7) is 2.31. The maximum Gasteiger partial charge on any atom is 0.303 e. The van der Waals surface area contributed by atoms with Crippen LogP contribution in [-0.4, -0.2) is 21.8 Å². The highest BCUT2D eigenvalue weighted by Crippen LogP contribution is 2.37. The Labute approximate surface area is 207 Å². The van der Waals surface area contributed by atoms with Gasteiger partial charge < -0.3 is 14.7 Å². The third kappa shape index (κ3) is 7.28. The van der Waals surface area contributed by atoms with Crippen molar-refractivity contribution in [3.8, 4) is 5.75 Å². The van der Waals surface area contributed by atoms with Gasteiger partial charge in [0, 0.05) is 17.7 Å². The molecule has 1 N–H and O–H groups in total. The van der Waals surface area contributed by atoms with Crippen LogP contribution in [0.25, 0.3) is 10.9 Å². The molecule has 0 bridgehead atoms. The molecule has 1 atom stereocenters. The maximum absolute atomic E-state index is 10.8. The molecule has 1 aliphatic rings. The molecule has 3 aromatic rings. The number of fused-ring (bicyclic) bond motifs is 1. The summed E-state index contributed by atoms with van der Waals surface area (Å²) in [5, 5.41) is 14.3. The van der Waals surface area contributed by atoms with Crippen LogP contribution >= 0.6 is 0 Å². The fraction of sp³-hybridized carbons (Fsp3) is 0.414. The van der Waals surface area contributed by atoms with Gasteiger partial charge in [0.2, 0.25) is 0 Å². The van der Waals surface area contributed by atoms with E-state index in [1.54, 1.807) is 0 Å². The lowest BCUT2D eigenvalue weighted by Crippen LogP contribution is -2.18. The van der Waals surface area contributed by atoms with Crippen LogP contribution < -0.4 is 4.74 Å². The van der Waals surface area contributed by atoms with Gasteiger partial charge in [-0.15, -0.1) is 0 Å². The third-order valence-corrected chi connectivity index (χ3v) is 6.58. The van der Waals surface area contributed by atoms with E-state index in [0.29, 0.717) is 25.4 Å². The Morgan fingerprint density at radius 3 is 2.57 bits per heavy atom. The van der Waals surface area contributed by atoms with Gasteiger partial charge in [-0.05, 0) is 62.4 Å². The number of carboxylic acid groups (broad SMARTS) is 1. The first-order chi connectivity index (χ1) is 17.1. The van der Waals surface area contributed by atoms with Gasteiger partial charge in [-0.2, -0.15) is 0 Å². The number of nitrogens with zero attached hydrogens (tertiary/aromatic N) is 2. The Hall–Kier alpha value is -3.41. The van der Waals surface area contributed by atoms with E-state index in [4.69, 9.17) is 14.7 Å². The van der Waals surface area contributed by atoms with Crippen LogP contribution in [0.1, 0.15) is 75.7 Å². The Morgan fingerprint density at radius 1 is 1.03 bits per heavy atom. The lowest BCUT2D eigenvalue weighted by molar-refractivity contribution is -0.137. The molecule has 1 unspecified atom stereocenters. The second-order valence-electron chi connectivity index (χ2n) is 9.35. The molecule has 184 valence electrons. The molecule has 6 heteroatoms. The van der Waals surface area contributed by atoms with Crippen molar-refractivity contribution in [2.45, 2.75) is 71.0 Å². The summed E-state index contributed by atoms with van der Waals surface area (Å²) in [7, 11) is 0. The number of oxime groups is 1. The lowest BCUT2D eigenvalue weighted by atomic mass is 9.83. The Balaban J connectivity index is 1.40. The van der Waals surface area contributed by atoms with Crippen molar-refractivity contribution in [3.05, 3.63) is 71.9 Å². The molecule has 1 aliphatic carbocycles. The van der Waals surface area contributed by atoms with Gasteiger partial charge in [0.25, 0.3) is 0 Å². The van der Waals surface area contributed by atoms with Crippen molar-refractivity contribution in [2.24, 2.45) is 11.1 Å².